The molecule has 0 bridgehead atoms. The maximum Gasteiger partial charge on any atom is 0.0364 e. The second-order valence-electron chi connectivity index (χ2n) is 4.59. The Balaban J connectivity index is 2.60. The molecule has 1 aromatic rings. The highest BCUT2D eigenvalue weighted by Crippen LogP contribution is 2.21. The zero-order valence-corrected chi connectivity index (χ0v) is 10.7. The molecule has 0 spiro atoms. The second-order valence-corrected chi connectivity index (χ2v) is 4.59. The van der Waals surface area contributed by atoms with E-state index in [1.54, 1.807) is 0 Å². The van der Waals surface area contributed by atoms with Gasteiger partial charge < -0.3 is 10.6 Å². The summed E-state index contributed by atoms with van der Waals surface area (Å²) in [6, 6.07) is 8.71. The van der Waals surface area contributed by atoms with E-state index >= 15 is 0 Å². The molecule has 0 saturated carbocycles. The summed E-state index contributed by atoms with van der Waals surface area (Å²) in [5.41, 5.74) is 8.66. The van der Waals surface area contributed by atoms with Crippen LogP contribution in [0.4, 0.5) is 5.69 Å². The molecule has 0 fully saturated rings. The molecule has 0 aromatic heterocycles. The third kappa shape index (κ3) is 3.86. The van der Waals surface area contributed by atoms with Gasteiger partial charge in [0.15, 0.2) is 0 Å². The van der Waals surface area contributed by atoms with Crippen LogP contribution < -0.4 is 10.6 Å². The van der Waals surface area contributed by atoms with Crippen LogP contribution in [-0.2, 0) is 0 Å². The van der Waals surface area contributed by atoms with Crippen LogP contribution >= 0.6 is 0 Å². The quantitative estimate of drug-likeness (QED) is 0.745. The van der Waals surface area contributed by atoms with Crippen molar-refractivity contribution in [2.45, 2.75) is 38.6 Å². The first kappa shape index (κ1) is 13.0. The van der Waals surface area contributed by atoms with E-state index in [1.807, 2.05) is 0 Å². The van der Waals surface area contributed by atoms with Gasteiger partial charge in [-0.2, -0.15) is 0 Å². The highest BCUT2D eigenvalue weighted by Gasteiger charge is 2.06. The summed E-state index contributed by atoms with van der Waals surface area (Å²) < 4.78 is 0. The molecule has 0 saturated heterocycles. The van der Waals surface area contributed by atoms with E-state index in [1.165, 1.54) is 30.5 Å². The molecule has 0 heterocycles. The van der Waals surface area contributed by atoms with Crippen molar-refractivity contribution in [1.29, 1.82) is 0 Å². The van der Waals surface area contributed by atoms with E-state index in [0.717, 1.165) is 6.42 Å². The van der Waals surface area contributed by atoms with Gasteiger partial charge in [0, 0.05) is 25.8 Å². The minimum Gasteiger partial charge on any atom is -0.378 e. The van der Waals surface area contributed by atoms with Crippen molar-refractivity contribution in [3.05, 3.63) is 29.8 Å². The highest BCUT2D eigenvalue weighted by molar-refractivity contribution is 5.47. The van der Waals surface area contributed by atoms with Gasteiger partial charge in [-0.1, -0.05) is 38.3 Å². The second kappa shape index (κ2) is 6.54. The van der Waals surface area contributed by atoms with Crippen molar-refractivity contribution >= 4 is 5.69 Å². The Labute approximate surface area is 99.5 Å². The Kier molecular flexibility index (Phi) is 5.33. The molecule has 1 rings (SSSR count). The van der Waals surface area contributed by atoms with E-state index in [-0.39, 0.29) is 6.04 Å². The first-order valence-electron chi connectivity index (χ1n) is 6.18. The minimum absolute atomic E-state index is 0.187. The third-order valence-electron chi connectivity index (χ3n) is 2.93. The highest BCUT2D eigenvalue weighted by atomic mass is 15.1. The summed E-state index contributed by atoms with van der Waals surface area (Å²) in [5.74, 6) is 0. The molecule has 2 nitrogen and oxygen atoms in total. The monoisotopic (exact) mass is 220 g/mol. The van der Waals surface area contributed by atoms with Crippen LogP contribution in [0, 0.1) is 0 Å². The van der Waals surface area contributed by atoms with Crippen LogP contribution in [0.5, 0.6) is 0 Å². The van der Waals surface area contributed by atoms with Crippen LogP contribution in [0.2, 0.25) is 0 Å². The molecule has 0 aliphatic rings. The van der Waals surface area contributed by atoms with Crippen molar-refractivity contribution in [2.75, 3.05) is 19.0 Å². The summed E-state index contributed by atoms with van der Waals surface area (Å²) in [6.07, 6.45) is 4.85. The van der Waals surface area contributed by atoms with E-state index in [0.29, 0.717) is 0 Å². The van der Waals surface area contributed by atoms with Gasteiger partial charge in [0.05, 0.1) is 0 Å². The molecule has 0 aliphatic carbocycles. The lowest BCUT2D eigenvalue weighted by molar-refractivity contribution is 0.581. The molecule has 90 valence electrons. The van der Waals surface area contributed by atoms with Gasteiger partial charge in [0.25, 0.3) is 0 Å². The maximum atomic E-state index is 6.19. The fourth-order valence-electron chi connectivity index (χ4n) is 1.81. The molecular formula is C14H24N2. The first-order chi connectivity index (χ1) is 7.65. The normalized spacial score (nSPS) is 12.5. The van der Waals surface area contributed by atoms with Crippen molar-refractivity contribution in [2.24, 2.45) is 5.73 Å². The van der Waals surface area contributed by atoms with Crippen LogP contribution in [0.25, 0.3) is 0 Å². The molecule has 16 heavy (non-hydrogen) atoms. The largest absolute Gasteiger partial charge is 0.378 e. The zero-order chi connectivity index (χ0) is 12.0. The molecular weight excluding hydrogens is 196 g/mol. The van der Waals surface area contributed by atoms with Gasteiger partial charge in [-0.3, -0.25) is 0 Å². The Hall–Kier alpha value is -1.02. The summed E-state index contributed by atoms with van der Waals surface area (Å²) >= 11 is 0. The zero-order valence-electron chi connectivity index (χ0n) is 10.7. The van der Waals surface area contributed by atoms with Crippen LogP contribution in [-0.4, -0.2) is 14.1 Å². The Bertz CT molecular complexity index is 307. The summed E-state index contributed by atoms with van der Waals surface area (Å²) in [4.78, 5) is 2.11. The molecule has 2 heteroatoms. The lowest BCUT2D eigenvalue weighted by atomic mass is 10.0. The minimum atomic E-state index is 0.187. The van der Waals surface area contributed by atoms with Gasteiger partial charge in [-0.25, -0.2) is 0 Å². The first-order valence-corrected chi connectivity index (χ1v) is 6.18. The molecule has 0 aliphatic heterocycles. The number of unbranched alkanes of at least 4 members (excludes halogenated alkanes) is 2. The van der Waals surface area contributed by atoms with Crippen molar-refractivity contribution in [1.82, 2.24) is 0 Å². The van der Waals surface area contributed by atoms with Gasteiger partial charge in [0.1, 0.15) is 0 Å². The average Bonchev–Trinajstić information content (AvgIpc) is 2.29. The fraction of sp³-hybridized carbons (Fsp3) is 0.571. The number of hydrogen-bond donors (Lipinski definition) is 1. The van der Waals surface area contributed by atoms with Crippen LogP contribution in [0.3, 0.4) is 0 Å². The van der Waals surface area contributed by atoms with Gasteiger partial charge in [0.2, 0.25) is 0 Å². The molecule has 1 atom stereocenters. The van der Waals surface area contributed by atoms with Gasteiger partial charge >= 0.3 is 0 Å². The Morgan fingerprint density at radius 2 is 2.00 bits per heavy atom. The number of nitrogens with zero attached hydrogens (tertiary/aromatic N) is 1. The van der Waals surface area contributed by atoms with E-state index in [2.05, 4.69) is 50.2 Å². The van der Waals surface area contributed by atoms with Crippen molar-refractivity contribution in [3.63, 3.8) is 0 Å². The van der Waals surface area contributed by atoms with E-state index in [4.69, 9.17) is 5.73 Å². The number of rotatable bonds is 6. The fourth-order valence-corrected chi connectivity index (χ4v) is 1.81. The van der Waals surface area contributed by atoms with Gasteiger partial charge in [-0.05, 0) is 24.1 Å². The molecule has 1 unspecified atom stereocenters. The average molecular weight is 220 g/mol. The van der Waals surface area contributed by atoms with E-state index < -0.39 is 0 Å². The maximum absolute atomic E-state index is 6.19. The van der Waals surface area contributed by atoms with Crippen LogP contribution in [0.1, 0.15) is 44.2 Å². The smallest absolute Gasteiger partial charge is 0.0364 e. The van der Waals surface area contributed by atoms with Gasteiger partial charge in [-0.15, -0.1) is 0 Å². The van der Waals surface area contributed by atoms with Crippen molar-refractivity contribution < 1.29 is 0 Å². The Morgan fingerprint density at radius 1 is 1.25 bits per heavy atom. The predicted molar refractivity (Wildman–Crippen MR) is 71.8 cm³/mol. The van der Waals surface area contributed by atoms with Crippen molar-refractivity contribution in [3.8, 4) is 0 Å². The topological polar surface area (TPSA) is 29.3 Å². The molecule has 0 radical (unpaired) electrons. The number of benzene rings is 1. The number of nitrogens with two attached hydrogens (primary N) is 1. The standard InChI is InChI=1S/C14H24N2/c1-4-5-6-10-14(15)12-8-7-9-13(11-12)16(2)3/h7-9,11,14H,4-6,10,15H2,1-3H3. The lowest BCUT2D eigenvalue weighted by Crippen LogP contribution is -2.13. The molecule has 1 aromatic carbocycles. The number of anilines is 1. The summed E-state index contributed by atoms with van der Waals surface area (Å²) in [6.45, 7) is 2.22. The predicted octanol–water partition coefficient (Wildman–Crippen LogP) is 3.33. The SMILES string of the molecule is CCCCCC(N)c1cccc(N(C)C)c1. The molecule has 2 N–H and O–H groups in total. The molecule has 0 amide bonds. The van der Waals surface area contributed by atoms with E-state index in [9.17, 15) is 0 Å². The summed E-state index contributed by atoms with van der Waals surface area (Å²) in [7, 11) is 4.11. The summed E-state index contributed by atoms with van der Waals surface area (Å²) in [5, 5.41) is 0. The Morgan fingerprint density at radius 3 is 2.62 bits per heavy atom. The van der Waals surface area contributed by atoms with Crippen LogP contribution in [0.15, 0.2) is 24.3 Å². The third-order valence-corrected chi connectivity index (χ3v) is 2.93. The number of hydrogen-bond acceptors (Lipinski definition) is 2. The lowest BCUT2D eigenvalue weighted by Gasteiger charge is -2.17.